The minimum atomic E-state index is 0.0354. The molecule has 0 radical (unpaired) electrons. The van der Waals surface area contributed by atoms with Crippen LogP contribution < -0.4 is 0 Å². The summed E-state index contributed by atoms with van der Waals surface area (Å²) in [5.41, 5.74) is 3.59. The molecule has 4 rings (SSSR count). The zero-order valence-corrected chi connectivity index (χ0v) is 13.5. The van der Waals surface area contributed by atoms with Crippen molar-refractivity contribution in [1.82, 2.24) is 9.80 Å². The fourth-order valence-corrected chi connectivity index (χ4v) is 3.65. The fraction of sp³-hybridized carbons (Fsp3) is 0.300. The van der Waals surface area contributed by atoms with Crippen LogP contribution in [0.5, 0.6) is 0 Å². The maximum atomic E-state index is 12.6. The van der Waals surface area contributed by atoms with Gasteiger partial charge in [0.15, 0.2) is 0 Å². The van der Waals surface area contributed by atoms with Gasteiger partial charge in [0.2, 0.25) is 11.8 Å². The smallest absolute Gasteiger partial charge is 0.242 e. The van der Waals surface area contributed by atoms with E-state index in [-0.39, 0.29) is 24.3 Å². The second-order valence-corrected chi connectivity index (χ2v) is 6.60. The molecule has 4 nitrogen and oxygen atoms in total. The van der Waals surface area contributed by atoms with E-state index in [4.69, 9.17) is 0 Å². The number of likely N-dealkylation sites (tertiary alicyclic amines) is 1. The molecule has 0 aromatic heterocycles. The summed E-state index contributed by atoms with van der Waals surface area (Å²) in [7, 11) is 0. The van der Waals surface area contributed by atoms with Gasteiger partial charge in [0.25, 0.3) is 0 Å². The van der Waals surface area contributed by atoms with Crippen LogP contribution in [0.1, 0.15) is 29.0 Å². The van der Waals surface area contributed by atoms with Gasteiger partial charge in [-0.2, -0.15) is 0 Å². The van der Waals surface area contributed by atoms with Crippen molar-refractivity contribution in [3.63, 3.8) is 0 Å². The minimum absolute atomic E-state index is 0.0354. The second-order valence-electron chi connectivity index (χ2n) is 6.60. The highest BCUT2D eigenvalue weighted by Gasteiger charge is 2.33. The quantitative estimate of drug-likeness (QED) is 0.872. The topological polar surface area (TPSA) is 40.6 Å². The molecule has 2 aliphatic rings. The van der Waals surface area contributed by atoms with Gasteiger partial charge in [-0.3, -0.25) is 9.59 Å². The molecular formula is C20H20N2O2. The van der Waals surface area contributed by atoms with Crippen LogP contribution in [-0.2, 0) is 22.7 Å². The van der Waals surface area contributed by atoms with E-state index in [9.17, 15) is 9.59 Å². The predicted molar refractivity (Wildman–Crippen MR) is 91.1 cm³/mol. The Morgan fingerprint density at radius 1 is 0.958 bits per heavy atom. The number of hydrogen-bond acceptors (Lipinski definition) is 2. The number of carbonyl (C=O) groups excluding carboxylic acids is 2. The highest BCUT2D eigenvalue weighted by atomic mass is 16.2. The van der Waals surface area contributed by atoms with Gasteiger partial charge in [-0.25, -0.2) is 0 Å². The SMILES string of the molecule is O=C(CN1CC(c2ccccc2)CC1=O)N1Cc2ccccc2C1. The average Bonchev–Trinajstić information content (AvgIpc) is 3.20. The van der Waals surface area contributed by atoms with E-state index in [2.05, 4.69) is 24.3 Å². The first-order valence-electron chi connectivity index (χ1n) is 8.38. The number of carbonyl (C=O) groups is 2. The van der Waals surface area contributed by atoms with Crippen molar-refractivity contribution in [2.75, 3.05) is 13.1 Å². The van der Waals surface area contributed by atoms with Gasteiger partial charge in [-0.15, -0.1) is 0 Å². The Morgan fingerprint density at radius 3 is 2.25 bits per heavy atom. The fourth-order valence-electron chi connectivity index (χ4n) is 3.65. The van der Waals surface area contributed by atoms with Gasteiger partial charge in [-0.05, 0) is 16.7 Å². The highest BCUT2D eigenvalue weighted by molar-refractivity contribution is 5.87. The third kappa shape index (κ3) is 2.80. The summed E-state index contributed by atoms with van der Waals surface area (Å²) in [5, 5.41) is 0. The predicted octanol–water partition coefficient (Wildman–Crippen LogP) is 2.54. The zero-order chi connectivity index (χ0) is 16.5. The van der Waals surface area contributed by atoms with Crippen molar-refractivity contribution in [3.8, 4) is 0 Å². The average molecular weight is 320 g/mol. The van der Waals surface area contributed by atoms with E-state index in [0.29, 0.717) is 26.1 Å². The molecule has 2 amide bonds. The van der Waals surface area contributed by atoms with Gasteiger partial charge in [0.05, 0.1) is 6.54 Å². The molecule has 0 N–H and O–H groups in total. The molecule has 4 heteroatoms. The molecule has 24 heavy (non-hydrogen) atoms. The van der Waals surface area contributed by atoms with E-state index < -0.39 is 0 Å². The summed E-state index contributed by atoms with van der Waals surface area (Å²) in [6.45, 7) is 2.13. The summed E-state index contributed by atoms with van der Waals surface area (Å²) in [6, 6.07) is 18.2. The van der Waals surface area contributed by atoms with Crippen molar-refractivity contribution >= 4 is 11.8 Å². The molecule has 2 aromatic rings. The van der Waals surface area contributed by atoms with Crippen molar-refractivity contribution in [3.05, 3.63) is 71.3 Å². The van der Waals surface area contributed by atoms with Gasteiger partial charge in [0, 0.05) is 32.0 Å². The van der Waals surface area contributed by atoms with Crippen molar-refractivity contribution in [1.29, 1.82) is 0 Å². The summed E-state index contributed by atoms with van der Waals surface area (Å²) < 4.78 is 0. The van der Waals surface area contributed by atoms with Gasteiger partial charge in [-0.1, -0.05) is 54.6 Å². The number of hydrogen-bond donors (Lipinski definition) is 0. The lowest BCUT2D eigenvalue weighted by molar-refractivity contribution is -0.138. The summed E-state index contributed by atoms with van der Waals surface area (Å²) in [4.78, 5) is 28.4. The highest BCUT2D eigenvalue weighted by Crippen LogP contribution is 2.28. The first kappa shape index (κ1) is 14.9. The Labute approximate surface area is 141 Å². The third-order valence-corrected chi connectivity index (χ3v) is 5.01. The normalized spacial score (nSPS) is 19.7. The van der Waals surface area contributed by atoms with Crippen molar-refractivity contribution < 1.29 is 9.59 Å². The molecule has 0 spiro atoms. The van der Waals surface area contributed by atoms with Crippen LogP contribution in [0.25, 0.3) is 0 Å². The van der Waals surface area contributed by atoms with Crippen LogP contribution in [0.4, 0.5) is 0 Å². The second kappa shape index (κ2) is 6.11. The van der Waals surface area contributed by atoms with Gasteiger partial charge >= 0.3 is 0 Å². The Morgan fingerprint density at radius 2 is 1.58 bits per heavy atom. The van der Waals surface area contributed by atoms with E-state index in [1.807, 2.05) is 35.2 Å². The molecular weight excluding hydrogens is 300 g/mol. The Balaban J connectivity index is 1.39. The van der Waals surface area contributed by atoms with Crippen molar-refractivity contribution in [2.45, 2.75) is 25.4 Å². The monoisotopic (exact) mass is 320 g/mol. The van der Waals surface area contributed by atoms with Crippen LogP contribution in [0, 0.1) is 0 Å². The number of amides is 2. The van der Waals surface area contributed by atoms with Crippen LogP contribution in [-0.4, -0.2) is 34.7 Å². The molecule has 2 aliphatic heterocycles. The largest absolute Gasteiger partial charge is 0.333 e. The number of fused-ring (bicyclic) bond motifs is 1. The van der Waals surface area contributed by atoms with Crippen LogP contribution in [0.2, 0.25) is 0 Å². The van der Waals surface area contributed by atoms with Crippen LogP contribution >= 0.6 is 0 Å². The maximum absolute atomic E-state index is 12.6. The molecule has 1 fully saturated rings. The molecule has 0 bridgehead atoms. The molecule has 2 heterocycles. The summed E-state index contributed by atoms with van der Waals surface area (Å²) in [5.74, 6) is 0.310. The lowest BCUT2D eigenvalue weighted by atomic mass is 9.99. The molecule has 1 saturated heterocycles. The molecule has 0 aliphatic carbocycles. The standard InChI is InChI=1S/C20H20N2O2/c23-19-10-18(15-6-2-1-3-7-15)13-22(19)14-20(24)21-11-16-8-4-5-9-17(16)12-21/h1-9,18H,10-14H2. The number of nitrogens with zero attached hydrogens (tertiary/aromatic N) is 2. The van der Waals surface area contributed by atoms with Crippen LogP contribution in [0.15, 0.2) is 54.6 Å². The Kier molecular flexibility index (Phi) is 3.81. The summed E-state index contributed by atoms with van der Waals surface area (Å²) in [6.07, 6.45) is 0.498. The molecule has 0 saturated carbocycles. The summed E-state index contributed by atoms with van der Waals surface area (Å²) >= 11 is 0. The molecule has 2 aromatic carbocycles. The van der Waals surface area contributed by atoms with E-state index in [1.54, 1.807) is 4.90 Å². The first-order valence-corrected chi connectivity index (χ1v) is 8.38. The number of benzene rings is 2. The zero-order valence-electron chi connectivity index (χ0n) is 13.5. The molecule has 122 valence electrons. The van der Waals surface area contributed by atoms with E-state index in [1.165, 1.54) is 16.7 Å². The van der Waals surface area contributed by atoms with Crippen LogP contribution in [0.3, 0.4) is 0 Å². The minimum Gasteiger partial charge on any atom is -0.333 e. The van der Waals surface area contributed by atoms with E-state index >= 15 is 0 Å². The maximum Gasteiger partial charge on any atom is 0.242 e. The molecule has 1 atom stereocenters. The van der Waals surface area contributed by atoms with Crippen molar-refractivity contribution in [2.24, 2.45) is 0 Å². The van der Waals surface area contributed by atoms with Gasteiger partial charge in [0.1, 0.15) is 0 Å². The van der Waals surface area contributed by atoms with E-state index in [0.717, 1.165) is 0 Å². The Bertz CT molecular complexity index is 747. The van der Waals surface area contributed by atoms with Gasteiger partial charge < -0.3 is 9.80 Å². The third-order valence-electron chi connectivity index (χ3n) is 5.01. The lowest BCUT2D eigenvalue weighted by Crippen LogP contribution is -2.38. The molecule has 1 unspecified atom stereocenters. The lowest BCUT2D eigenvalue weighted by Gasteiger charge is -2.21. The number of rotatable bonds is 3. The Hall–Kier alpha value is -2.62. The first-order chi connectivity index (χ1) is 11.7.